The molecule has 2 N–H and O–H groups in total. The van der Waals surface area contributed by atoms with E-state index in [0.29, 0.717) is 24.5 Å². The van der Waals surface area contributed by atoms with Gasteiger partial charge >= 0.3 is 0 Å². The van der Waals surface area contributed by atoms with E-state index in [2.05, 4.69) is 10.6 Å². The fraction of sp³-hybridized carbons (Fsp3) is 0.278. The number of nitrogens with one attached hydrogen (secondary N) is 2. The summed E-state index contributed by atoms with van der Waals surface area (Å²) in [7, 11) is 1.87. The van der Waals surface area contributed by atoms with Gasteiger partial charge in [0.1, 0.15) is 12.4 Å². The van der Waals surface area contributed by atoms with Gasteiger partial charge in [-0.15, -0.1) is 0 Å². The molecule has 0 fully saturated rings. The summed E-state index contributed by atoms with van der Waals surface area (Å²) in [6.07, 6.45) is 0. The first-order valence-corrected chi connectivity index (χ1v) is 7.41. The van der Waals surface area contributed by atoms with Gasteiger partial charge in [0.15, 0.2) is 0 Å². The number of rotatable bonds is 7. The lowest BCUT2D eigenvalue weighted by molar-refractivity contribution is 0.0950. The zero-order chi connectivity index (χ0) is 15.8. The second-order valence-electron chi connectivity index (χ2n) is 5.20. The van der Waals surface area contributed by atoms with Crippen LogP contribution in [0, 0.1) is 0 Å². The lowest BCUT2D eigenvalue weighted by atomic mass is 10.2. The molecule has 1 unspecified atom stereocenters. The van der Waals surface area contributed by atoms with Crippen LogP contribution in [-0.4, -0.2) is 25.5 Å². The maximum atomic E-state index is 12.1. The quantitative estimate of drug-likeness (QED) is 0.826. The highest BCUT2D eigenvalue weighted by atomic mass is 16.5. The van der Waals surface area contributed by atoms with Crippen LogP contribution in [0.1, 0.15) is 22.8 Å². The van der Waals surface area contributed by atoms with Crippen molar-refractivity contribution in [1.29, 1.82) is 0 Å². The molecule has 0 heterocycles. The largest absolute Gasteiger partial charge is 0.489 e. The smallest absolute Gasteiger partial charge is 0.251 e. The van der Waals surface area contributed by atoms with Crippen LogP contribution in [0.2, 0.25) is 0 Å². The molecule has 4 heteroatoms. The molecule has 2 aromatic carbocycles. The van der Waals surface area contributed by atoms with Gasteiger partial charge in [-0.2, -0.15) is 0 Å². The third-order valence-electron chi connectivity index (χ3n) is 3.41. The molecule has 0 saturated carbocycles. The number of amides is 1. The minimum absolute atomic E-state index is 0.0905. The summed E-state index contributed by atoms with van der Waals surface area (Å²) >= 11 is 0. The van der Waals surface area contributed by atoms with Crippen molar-refractivity contribution >= 4 is 5.91 Å². The molecule has 22 heavy (non-hydrogen) atoms. The van der Waals surface area contributed by atoms with E-state index in [1.54, 1.807) is 12.1 Å². The fourth-order valence-corrected chi connectivity index (χ4v) is 1.92. The topological polar surface area (TPSA) is 50.4 Å². The lowest BCUT2D eigenvalue weighted by Gasteiger charge is -2.12. The normalized spacial score (nSPS) is 11.7. The van der Waals surface area contributed by atoms with Crippen LogP contribution in [0.4, 0.5) is 0 Å². The predicted molar refractivity (Wildman–Crippen MR) is 88.1 cm³/mol. The lowest BCUT2D eigenvalue weighted by Crippen LogP contribution is -2.37. The molecule has 0 aliphatic rings. The summed E-state index contributed by atoms with van der Waals surface area (Å²) in [5.74, 6) is 0.602. The second kappa shape index (κ2) is 8.20. The number of hydrogen-bond acceptors (Lipinski definition) is 3. The van der Waals surface area contributed by atoms with Crippen LogP contribution in [0.5, 0.6) is 5.75 Å². The van der Waals surface area contributed by atoms with Gasteiger partial charge in [-0.05, 0) is 37.7 Å². The molecule has 0 aliphatic heterocycles. The Morgan fingerprint density at radius 2 is 1.91 bits per heavy atom. The van der Waals surface area contributed by atoms with Crippen molar-refractivity contribution in [3.05, 3.63) is 65.7 Å². The van der Waals surface area contributed by atoms with Crippen molar-refractivity contribution in [2.24, 2.45) is 0 Å². The van der Waals surface area contributed by atoms with Crippen LogP contribution in [0.25, 0.3) is 0 Å². The van der Waals surface area contributed by atoms with Crippen molar-refractivity contribution in [3.8, 4) is 5.75 Å². The fourth-order valence-electron chi connectivity index (χ4n) is 1.92. The Morgan fingerprint density at radius 1 is 1.14 bits per heavy atom. The number of carbonyl (C=O) groups excluding carboxylic acids is 1. The SMILES string of the molecule is CNC(C)CNC(=O)c1cccc(OCc2ccccc2)c1. The van der Waals surface area contributed by atoms with E-state index in [9.17, 15) is 4.79 Å². The Labute approximate surface area is 131 Å². The summed E-state index contributed by atoms with van der Waals surface area (Å²) in [6, 6.07) is 17.4. The monoisotopic (exact) mass is 298 g/mol. The molecule has 116 valence electrons. The minimum Gasteiger partial charge on any atom is -0.489 e. The summed E-state index contributed by atoms with van der Waals surface area (Å²) in [5, 5.41) is 5.98. The Balaban J connectivity index is 1.93. The predicted octanol–water partition coefficient (Wildman–Crippen LogP) is 2.60. The number of likely N-dealkylation sites (N-methyl/N-ethyl adjacent to an activating group) is 1. The van der Waals surface area contributed by atoms with E-state index in [0.717, 1.165) is 5.56 Å². The van der Waals surface area contributed by atoms with Crippen molar-refractivity contribution in [3.63, 3.8) is 0 Å². The van der Waals surface area contributed by atoms with Crippen molar-refractivity contribution in [1.82, 2.24) is 10.6 Å². The average molecular weight is 298 g/mol. The molecule has 0 bridgehead atoms. The Bertz CT molecular complexity index is 599. The van der Waals surface area contributed by atoms with Crippen LogP contribution >= 0.6 is 0 Å². The standard InChI is InChI=1S/C18H22N2O2/c1-14(19-2)12-20-18(21)16-9-6-10-17(11-16)22-13-15-7-4-3-5-8-15/h3-11,14,19H,12-13H2,1-2H3,(H,20,21). The van der Waals surface area contributed by atoms with Gasteiger partial charge in [0.05, 0.1) is 0 Å². The number of carbonyl (C=O) groups is 1. The summed E-state index contributed by atoms with van der Waals surface area (Å²) in [4.78, 5) is 12.1. The van der Waals surface area contributed by atoms with E-state index < -0.39 is 0 Å². The van der Waals surface area contributed by atoms with Gasteiger partial charge in [-0.25, -0.2) is 0 Å². The van der Waals surface area contributed by atoms with Crippen molar-refractivity contribution in [2.75, 3.05) is 13.6 Å². The Kier molecular flexibility index (Phi) is 5.98. The van der Waals surface area contributed by atoms with Crippen molar-refractivity contribution in [2.45, 2.75) is 19.6 Å². The summed E-state index contributed by atoms with van der Waals surface area (Å²) < 4.78 is 5.74. The molecular weight excluding hydrogens is 276 g/mol. The highest BCUT2D eigenvalue weighted by Crippen LogP contribution is 2.15. The van der Waals surface area contributed by atoms with Gasteiger partial charge in [-0.1, -0.05) is 36.4 Å². The molecule has 4 nitrogen and oxygen atoms in total. The van der Waals surface area contributed by atoms with E-state index in [1.807, 2.05) is 56.4 Å². The molecule has 0 spiro atoms. The molecular formula is C18H22N2O2. The number of ether oxygens (including phenoxy) is 1. The first kappa shape index (κ1) is 16.0. The first-order chi connectivity index (χ1) is 10.7. The van der Waals surface area contributed by atoms with Crippen LogP contribution < -0.4 is 15.4 Å². The zero-order valence-corrected chi connectivity index (χ0v) is 13.0. The van der Waals surface area contributed by atoms with Gasteiger partial charge in [-0.3, -0.25) is 4.79 Å². The highest BCUT2D eigenvalue weighted by molar-refractivity contribution is 5.94. The highest BCUT2D eigenvalue weighted by Gasteiger charge is 2.08. The average Bonchev–Trinajstić information content (AvgIpc) is 2.58. The first-order valence-electron chi connectivity index (χ1n) is 7.41. The molecule has 2 aromatic rings. The van der Waals surface area contributed by atoms with Gasteiger partial charge < -0.3 is 15.4 Å². The van der Waals surface area contributed by atoms with Crippen LogP contribution in [0.15, 0.2) is 54.6 Å². The molecule has 0 aromatic heterocycles. The van der Waals surface area contributed by atoms with Crippen molar-refractivity contribution < 1.29 is 9.53 Å². The van der Waals surface area contributed by atoms with Gasteiger partial charge in [0, 0.05) is 18.2 Å². The number of hydrogen-bond donors (Lipinski definition) is 2. The zero-order valence-electron chi connectivity index (χ0n) is 13.0. The maximum Gasteiger partial charge on any atom is 0.251 e. The number of benzene rings is 2. The van der Waals surface area contributed by atoms with Crippen LogP contribution in [0.3, 0.4) is 0 Å². The van der Waals surface area contributed by atoms with Crippen LogP contribution in [-0.2, 0) is 6.61 Å². The third kappa shape index (κ3) is 4.90. The Hall–Kier alpha value is -2.33. The molecule has 1 amide bonds. The van der Waals surface area contributed by atoms with E-state index in [1.165, 1.54) is 0 Å². The Morgan fingerprint density at radius 3 is 2.64 bits per heavy atom. The minimum atomic E-state index is -0.0905. The van der Waals surface area contributed by atoms with Gasteiger partial charge in [0.2, 0.25) is 0 Å². The molecule has 0 saturated heterocycles. The maximum absolute atomic E-state index is 12.1. The summed E-state index contributed by atoms with van der Waals surface area (Å²) in [5.41, 5.74) is 1.70. The van der Waals surface area contributed by atoms with E-state index >= 15 is 0 Å². The third-order valence-corrected chi connectivity index (χ3v) is 3.41. The van der Waals surface area contributed by atoms with E-state index in [4.69, 9.17) is 4.74 Å². The van der Waals surface area contributed by atoms with E-state index in [-0.39, 0.29) is 11.9 Å². The summed E-state index contributed by atoms with van der Waals surface area (Å²) in [6.45, 7) is 3.09. The van der Waals surface area contributed by atoms with Gasteiger partial charge in [0.25, 0.3) is 5.91 Å². The molecule has 0 aliphatic carbocycles. The molecule has 2 rings (SSSR count). The second-order valence-corrected chi connectivity index (χ2v) is 5.20. The molecule has 0 radical (unpaired) electrons. The molecule has 1 atom stereocenters.